The Kier molecular flexibility index (Phi) is 6.18. The smallest absolute Gasteiger partial charge is 0.341 e. The van der Waals surface area contributed by atoms with Crippen LogP contribution in [-0.4, -0.2) is 18.5 Å². The van der Waals surface area contributed by atoms with E-state index in [2.05, 4.69) is 10.3 Å². The van der Waals surface area contributed by atoms with Crippen LogP contribution in [0.5, 0.6) is 0 Å². The van der Waals surface area contributed by atoms with E-state index in [1.165, 1.54) is 11.3 Å². The van der Waals surface area contributed by atoms with Crippen molar-refractivity contribution in [2.75, 3.05) is 11.9 Å². The fourth-order valence-corrected chi connectivity index (χ4v) is 4.27. The molecule has 32 heavy (non-hydrogen) atoms. The van der Waals surface area contributed by atoms with Crippen molar-refractivity contribution < 1.29 is 18.7 Å². The third-order valence-corrected chi connectivity index (χ3v) is 6.08. The predicted molar refractivity (Wildman–Crippen MR) is 126 cm³/mol. The molecule has 2 aromatic carbocycles. The molecule has 0 aliphatic carbocycles. The van der Waals surface area contributed by atoms with Crippen LogP contribution in [-0.2, 0) is 4.74 Å². The van der Waals surface area contributed by atoms with Crippen LogP contribution in [0.15, 0.2) is 70.1 Å². The summed E-state index contributed by atoms with van der Waals surface area (Å²) in [5.41, 5.74) is 2.85. The summed E-state index contributed by atoms with van der Waals surface area (Å²) in [7, 11) is 0. The van der Waals surface area contributed by atoms with E-state index in [1.54, 1.807) is 25.1 Å². The Morgan fingerprint density at radius 2 is 1.78 bits per heavy atom. The molecular weight excluding hydrogens is 424 g/mol. The number of hydrogen-bond acceptors (Lipinski definition) is 6. The standard InChI is InChI=1S/C25H22N2O4S/c1-4-30-25(29)21-15(2)16(3)32-24(21)27-23-19(14-17-10-8-9-13-20(17)31-23)22(28)26-18-11-6-5-7-12-18/h5-14H,4H2,1-3H3,(H,26,28)/b27-23-. The van der Waals surface area contributed by atoms with E-state index in [4.69, 9.17) is 9.15 Å². The molecule has 4 aromatic rings. The Morgan fingerprint density at radius 3 is 2.53 bits per heavy atom. The van der Waals surface area contributed by atoms with Gasteiger partial charge in [0, 0.05) is 16.0 Å². The van der Waals surface area contributed by atoms with E-state index in [0.717, 1.165) is 15.8 Å². The summed E-state index contributed by atoms with van der Waals surface area (Å²) in [5, 5.41) is 4.10. The van der Waals surface area contributed by atoms with Crippen molar-refractivity contribution in [3.8, 4) is 0 Å². The minimum absolute atomic E-state index is 0.129. The van der Waals surface area contributed by atoms with E-state index >= 15 is 0 Å². The van der Waals surface area contributed by atoms with Crippen molar-refractivity contribution in [3.63, 3.8) is 0 Å². The van der Waals surface area contributed by atoms with Gasteiger partial charge in [-0.3, -0.25) is 4.79 Å². The van der Waals surface area contributed by atoms with Crippen LogP contribution in [0.4, 0.5) is 10.7 Å². The lowest BCUT2D eigenvalue weighted by atomic mass is 10.1. The monoisotopic (exact) mass is 446 g/mol. The van der Waals surface area contributed by atoms with Crippen LogP contribution >= 0.6 is 11.3 Å². The minimum atomic E-state index is -0.441. The highest BCUT2D eigenvalue weighted by Crippen LogP contribution is 2.35. The highest BCUT2D eigenvalue weighted by Gasteiger charge is 2.21. The summed E-state index contributed by atoms with van der Waals surface area (Å²) < 4.78 is 11.3. The van der Waals surface area contributed by atoms with Crippen molar-refractivity contribution in [1.82, 2.24) is 0 Å². The molecule has 0 bridgehead atoms. The molecule has 0 radical (unpaired) electrons. The minimum Gasteiger partial charge on any atom is -0.462 e. The number of amides is 1. The molecule has 0 unspecified atom stereocenters. The van der Waals surface area contributed by atoms with Crippen molar-refractivity contribution in [3.05, 3.63) is 87.8 Å². The van der Waals surface area contributed by atoms with Crippen molar-refractivity contribution >= 4 is 44.9 Å². The van der Waals surface area contributed by atoms with Crippen LogP contribution in [0.25, 0.3) is 11.0 Å². The van der Waals surface area contributed by atoms with Gasteiger partial charge in [-0.1, -0.05) is 36.4 Å². The zero-order valence-electron chi connectivity index (χ0n) is 18.0. The molecule has 4 rings (SSSR count). The maximum Gasteiger partial charge on any atom is 0.341 e. The van der Waals surface area contributed by atoms with Crippen LogP contribution in [0, 0.1) is 13.8 Å². The highest BCUT2D eigenvalue weighted by atomic mass is 32.1. The third-order valence-electron chi connectivity index (χ3n) is 4.98. The van der Waals surface area contributed by atoms with Crippen molar-refractivity contribution in [2.24, 2.45) is 4.99 Å². The largest absolute Gasteiger partial charge is 0.462 e. The molecular formula is C25H22N2O4S. The molecule has 162 valence electrons. The number of rotatable bonds is 5. The van der Waals surface area contributed by atoms with E-state index in [0.29, 0.717) is 21.8 Å². The van der Waals surface area contributed by atoms with Crippen LogP contribution < -0.4 is 10.9 Å². The van der Waals surface area contributed by atoms with Gasteiger partial charge in [0.2, 0.25) is 5.55 Å². The highest BCUT2D eigenvalue weighted by molar-refractivity contribution is 7.16. The first kappa shape index (κ1) is 21.5. The summed E-state index contributed by atoms with van der Waals surface area (Å²) >= 11 is 1.36. The second-order valence-electron chi connectivity index (χ2n) is 7.12. The van der Waals surface area contributed by atoms with Crippen molar-refractivity contribution in [1.29, 1.82) is 0 Å². The number of anilines is 1. The lowest BCUT2D eigenvalue weighted by Gasteiger charge is -2.07. The first-order chi connectivity index (χ1) is 15.5. The van der Waals surface area contributed by atoms with Gasteiger partial charge in [0.1, 0.15) is 16.1 Å². The van der Waals surface area contributed by atoms with Gasteiger partial charge in [0.05, 0.1) is 12.2 Å². The predicted octanol–water partition coefficient (Wildman–Crippen LogP) is 5.77. The quantitative estimate of drug-likeness (QED) is 0.395. The Balaban J connectivity index is 1.89. The molecule has 0 saturated heterocycles. The van der Waals surface area contributed by atoms with Gasteiger partial charge in [0.15, 0.2) is 0 Å². The number of hydrogen-bond donors (Lipinski definition) is 1. The number of fused-ring (bicyclic) bond motifs is 1. The average Bonchev–Trinajstić information content (AvgIpc) is 3.07. The molecule has 0 atom stereocenters. The number of para-hydroxylation sites is 2. The zero-order chi connectivity index (χ0) is 22.7. The molecule has 2 heterocycles. The van der Waals surface area contributed by atoms with Crippen molar-refractivity contribution in [2.45, 2.75) is 20.8 Å². The fourth-order valence-electron chi connectivity index (χ4n) is 3.26. The molecule has 0 saturated carbocycles. The number of esters is 1. The Bertz CT molecular complexity index is 1370. The van der Waals surface area contributed by atoms with E-state index in [9.17, 15) is 9.59 Å². The topological polar surface area (TPSA) is 80.9 Å². The number of nitrogens with zero attached hydrogens (tertiary/aromatic N) is 1. The zero-order valence-corrected chi connectivity index (χ0v) is 18.8. The number of carbonyl (C=O) groups excluding carboxylic acids is 2. The fraction of sp³-hybridized carbons (Fsp3) is 0.160. The normalized spacial score (nSPS) is 11.5. The molecule has 0 aliphatic heterocycles. The Morgan fingerprint density at radius 1 is 1.06 bits per heavy atom. The number of aryl methyl sites for hydroxylation is 1. The van der Waals surface area contributed by atoms with Gasteiger partial charge in [-0.25, -0.2) is 9.79 Å². The summed E-state index contributed by atoms with van der Waals surface area (Å²) in [6.07, 6.45) is 0. The maximum absolute atomic E-state index is 13.1. The van der Waals surface area contributed by atoms with E-state index in [1.807, 2.05) is 56.3 Å². The molecule has 6 nitrogen and oxygen atoms in total. The summed E-state index contributed by atoms with van der Waals surface area (Å²) in [4.78, 5) is 31.3. The van der Waals surface area contributed by atoms with Gasteiger partial charge in [-0.05, 0) is 50.6 Å². The molecule has 0 aliphatic rings. The van der Waals surface area contributed by atoms with Gasteiger partial charge >= 0.3 is 5.97 Å². The first-order valence-electron chi connectivity index (χ1n) is 10.2. The maximum atomic E-state index is 13.1. The van der Waals surface area contributed by atoms with Crippen LogP contribution in [0.2, 0.25) is 0 Å². The molecule has 7 heteroatoms. The van der Waals surface area contributed by atoms with Gasteiger partial charge in [-0.15, -0.1) is 11.3 Å². The van der Waals surface area contributed by atoms with Gasteiger partial charge in [0.25, 0.3) is 5.91 Å². The second-order valence-corrected chi connectivity index (χ2v) is 8.32. The average molecular weight is 447 g/mol. The number of thiophene rings is 1. The number of nitrogens with one attached hydrogen (secondary N) is 1. The lowest BCUT2D eigenvalue weighted by Crippen LogP contribution is -2.21. The number of benzene rings is 2. The number of ether oxygens (including phenoxy) is 1. The summed E-state index contributed by atoms with van der Waals surface area (Å²) in [6, 6.07) is 18.3. The lowest BCUT2D eigenvalue weighted by molar-refractivity contribution is 0.0527. The number of carbonyl (C=O) groups is 2. The summed E-state index contributed by atoms with van der Waals surface area (Å²) in [5.74, 6) is -0.795. The Hall–Kier alpha value is -3.71. The van der Waals surface area contributed by atoms with Crippen LogP contribution in [0.1, 0.15) is 38.1 Å². The third kappa shape index (κ3) is 4.33. The molecule has 2 aromatic heterocycles. The molecule has 1 N–H and O–H groups in total. The molecule has 0 spiro atoms. The first-order valence-corrected chi connectivity index (χ1v) is 11.0. The van der Waals surface area contributed by atoms with Gasteiger partial charge < -0.3 is 14.5 Å². The molecule has 1 amide bonds. The van der Waals surface area contributed by atoms with E-state index < -0.39 is 5.97 Å². The van der Waals surface area contributed by atoms with Crippen LogP contribution in [0.3, 0.4) is 0 Å². The van der Waals surface area contributed by atoms with E-state index in [-0.39, 0.29) is 23.6 Å². The SMILES string of the molecule is CCOC(=O)c1c(/N=c2\oc3ccccc3cc2C(=O)Nc2ccccc2)sc(C)c1C. The molecule has 0 fully saturated rings. The summed E-state index contributed by atoms with van der Waals surface area (Å²) in [6.45, 7) is 5.80. The Labute approximate surface area is 189 Å². The van der Waals surface area contributed by atoms with Gasteiger partial charge in [-0.2, -0.15) is 0 Å². The second kappa shape index (κ2) is 9.20.